The Labute approximate surface area is 147 Å². The van der Waals surface area contributed by atoms with E-state index in [2.05, 4.69) is 29.2 Å². The van der Waals surface area contributed by atoms with Gasteiger partial charge in [-0.1, -0.05) is 54.6 Å². The predicted octanol–water partition coefficient (Wildman–Crippen LogP) is 5.47. The normalized spacial score (nSPS) is 10.7. The van der Waals surface area contributed by atoms with Crippen molar-refractivity contribution < 1.29 is 0 Å². The van der Waals surface area contributed by atoms with Crippen molar-refractivity contribution in [2.75, 3.05) is 16.4 Å². The van der Waals surface area contributed by atoms with E-state index in [0.717, 1.165) is 39.2 Å². The number of nitrogen functional groups attached to an aromatic ring is 2. The van der Waals surface area contributed by atoms with Crippen molar-refractivity contribution in [1.29, 1.82) is 0 Å². The minimum absolute atomic E-state index is 0.729. The Morgan fingerprint density at radius 2 is 1.12 bits per heavy atom. The highest BCUT2D eigenvalue weighted by atomic mass is 15.2. The van der Waals surface area contributed by atoms with Crippen molar-refractivity contribution in [1.82, 2.24) is 0 Å². The van der Waals surface area contributed by atoms with E-state index in [-0.39, 0.29) is 0 Å². The largest absolute Gasteiger partial charge is 0.398 e. The van der Waals surface area contributed by atoms with Gasteiger partial charge in [0.25, 0.3) is 0 Å². The van der Waals surface area contributed by atoms with Crippen LogP contribution in [0.1, 0.15) is 0 Å². The Kier molecular flexibility index (Phi) is 3.75. The molecule has 3 heteroatoms. The first kappa shape index (κ1) is 15.1. The van der Waals surface area contributed by atoms with E-state index in [0.29, 0.717) is 0 Å². The third-order valence-electron chi connectivity index (χ3n) is 4.37. The van der Waals surface area contributed by atoms with Crippen LogP contribution in [0.5, 0.6) is 0 Å². The van der Waals surface area contributed by atoms with Crippen molar-refractivity contribution in [2.45, 2.75) is 0 Å². The van der Waals surface area contributed by atoms with E-state index < -0.39 is 0 Å². The molecule has 4 rings (SSSR count). The topological polar surface area (TPSA) is 55.3 Å². The molecule has 25 heavy (non-hydrogen) atoms. The maximum absolute atomic E-state index is 6.30. The molecule has 0 fully saturated rings. The molecule has 0 amide bonds. The number of benzene rings is 4. The second kappa shape index (κ2) is 6.21. The fourth-order valence-corrected chi connectivity index (χ4v) is 3.18. The quantitative estimate of drug-likeness (QED) is 0.491. The lowest BCUT2D eigenvalue weighted by atomic mass is 10.0. The molecule has 0 aliphatic rings. The van der Waals surface area contributed by atoms with E-state index in [1.54, 1.807) is 0 Å². The summed E-state index contributed by atoms with van der Waals surface area (Å²) in [6.07, 6.45) is 0. The van der Waals surface area contributed by atoms with Gasteiger partial charge in [-0.05, 0) is 36.4 Å². The maximum Gasteiger partial charge on any atom is 0.0691 e. The monoisotopic (exact) mass is 325 g/mol. The fraction of sp³-hybridized carbons (Fsp3) is 0. The van der Waals surface area contributed by atoms with Gasteiger partial charge < -0.3 is 16.4 Å². The molecule has 4 N–H and O–H groups in total. The highest BCUT2D eigenvalue weighted by Gasteiger charge is 2.17. The van der Waals surface area contributed by atoms with E-state index in [1.165, 1.54) is 0 Å². The number of rotatable bonds is 3. The van der Waals surface area contributed by atoms with E-state index in [1.807, 2.05) is 66.7 Å². The van der Waals surface area contributed by atoms with Crippen LogP contribution in [-0.2, 0) is 0 Å². The van der Waals surface area contributed by atoms with Gasteiger partial charge in [-0.3, -0.25) is 0 Å². The second-order valence-electron chi connectivity index (χ2n) is 5.95. The summed E-state index contributed by atoms with van der Waals surface area (Å²) in [6.45, 7) is 0. The van der Waals surface area contributed by atoms with Gasteiger partial charge in [0.15, 0.2) is 0 Å². The molecule has 0 radical (unpaired) electrons. The van der Waals surface area contributed by atoms with Crippen LogP contribution < -0.4 is 16.4 Å². The zero-order valence-corrected chi connectivity index (χ0v) is 13.8. The Hall–Kier alpha value is -3.46. The second-order valence-corrected chi connectivity index (χ2v) is 5.95. The van der Waals surface area contributed by atoms with Crippen molar-refractivity contribution in [3.8, 4) is 0 Å². The standard InChI is InChI=1S/C22H19N3/c23-19-14-15-21(18-11-5-4-10-17(18)19)25(16-8-2-1-3-9-16)22-13-7-6-12-20(22)24/h1-15H,23-24H2. The van der Waals surface area contributed by atoms with Crippen LogP contribution in [-0.4, -0.2) is 0 Å². The molecule has 0 saturated heterocycles. The fourth-order valence-electron chi connectivity index (χ4n) is 3.18. The number of nitrogens with zero attached hydrogens (tertiary/aromatic N) is 1. The van der Waals surface area contributed by atoms with Crippen molar-refractivity contribution >= 4 is 39.2 Å². The minimum atomic E-state index is 0.729. The molecule has 0 saturated carbocycles. The van der Waals surface area contributed by atoms with Crippen LogP contribution in [0.25, 0.3) is 10.8 Å². The smallest absolute Gasteiger partial charge is 0.0691 e. The molecule has 0 unspecified atom stereocenters. The van der Waals surface area contributed by atoms with Gasteiger partial charge in [0, 0.05) is 22.1 Å². The molecule has 0 spiro atoms. The number of anilines is 5. The van der Waals surface area contributed by atoms with Gasteiger partial charge in [0.1, 0.15) is 0 Å². The number of para-hydroxylation sites is 3. The molecule has 0 heterocycles. The van der Waals surface area contributed by atoms with Crippen LogP contribution >= 0.6 is 0 Å². The molecule has 0 aliphatic carbocycles. The van der Waals surface area contributed by atoms with Crippen LogP contribution in [0.15, 0.2) is 91.0 Å². The summed E-state index contributed by atoms with van der Waals surface area (Å²) in [4.78, 5) is 2.18. The zero-order valence-electron chi connectivity index (χ0n) is 13.8. The number of fused-ring (bicyclic) bond motifs is 1. The van der Waals surface area contributed by atoms with Crippen LogP contribution in [0.2, 0.25) is 0 Å². The molecular weight excluding hydrogens is 306 g/mol. The summed E-state index contributed by atoms with van der Waals surface area (Å²) in [5.74, 6) is 0. The molecule has 0 bridgehead atoms. The summed E-state index contributed by atoms with van der Waals surface area (Å²) in [7, 11) is 0. The third-order valence-corrected chi connectivity index (χ3v) is 4.37. The lowest BCUT2D eigenvalue weighted by Gasteiger charge is -2.28. The van der Waals surface area contributed by atoms with E-state index in [9.17, 15) is 0 Å². The molecule has 3 nitrogen and oxygen atoms in total. The van der Waals surface area contributed by atoms with Gasteiger partial charge in [-0.2, -0.15) is 0 Å². The molecule has 0 aliphatic heterocycles. The Morgan fingerprint density at radius 3 is 1.88 bits per heavy atom. The highest BCUT2D eigenvalue weighted by molar-refractivity contribution is 6.05. The lowest BCUT2D eigenvalue weighted by molar-refractivity contribution is 1.30. The Bertz CT molecular complexity index is 1030. The van der Waals surface area contributed by atoms with Crippen LogP contribution in [0.4, 0.5) is 28.4 Å². The SMILES string of the molecule is Nc1ccccc1N(c1ccccc1)c1ccc(N)c2ccccc12. The first-order valence-corrected chi connectivity index (χ1v) is 8.22. The number of nitrogens with two attached hydrogens (primary N) is 2. The average molecular weight is 325 g/mol. The summed E-state index contributed by atoms with van der Waals surface area (Å²) >= 11 is 0. The number of hydrogen-bond donors (Lipinski definition) is 2. The van der Waals surface area contributed by atoms with Crippen molar-refractivity contribution in [3.05, 3.63) is 91.0 Å². The van der Waals surface area contributed by atoms with Gasteiger partial charge >= 0.3 is 0 Å². The minimum Gasteiger partial charge on any atom is -0.398 e. The highest BCUT2D eigenvalue weighted by Crippen LogP contribution is 2.41. The van der Waals surface area contributed by atoms with Crippen LogP contribution in [0.3, 0.4) is 0 Å². The van der Waals surface area contributed by atoms with Crippen molar-refractivity contribution in [2.24, 2.45) is 0 Å². The van der Waals surface area contributed by atoms with Gasteiger partial charge in [0.05, 0.1) is 17.1 Å². The summed E-state index contributed by atoms with van der Waals surface area (Å²) < 4.78 is 0. The third kappa shape index (κ3) is 2.66. The zero-order chi connectivity index (χ0) is 17.2. The Balaban J connectivity index is 2.03. The first-order valence-electron chi connectivity index (χ1n) is 8.22. The molecular formula is C22H19N3. The van der Waals surface area contributed by atoms with E-state index >= 15 is 0 Å². The number of hydrogen-bond acceptors (Lipinski definition) is 3. The average Bonchev–Trinajstić information content (AvgIpc) is 2.66. The Morgan fingerprint density at radius 1 is 0.480 bits per heavy atom. The van der Waals surface area contributed by atoms with Gasteiger partial charge in [-0.15, -0.1) is 0 Å². The van der Waals surface area contributed by atoms with Crippen LogP contribution in [0, 0.1) is 0 Å². The van der Waals surface area contributed by atoms with Gasteiger partial charge in [-0.25, -0.2) is 0 Å². The summed E-state index contributed by atoms with van der Waals surface area (Å²) in [5, 5.41) is 2.13. The molecule has 122 valence electrons. The molecule has 0 atom stereocenters. The summed E-state index contributed by atoms with van der Waals surface area (Å²) in [6, 6.07) is 30.3. The maximum atomic E-state index is 6.30. The predicted molar refractivity (Wildman–Crippen MR) is 107 cm³/mol. The lowest BCUT2D eigenvalue weighted by Crippen LogP contribution is -2.12. The molecule has 4 aromatic carbocycles. The van der Waals surface area contributed by atoms with Gasteiger partial charge in [0.2, 0.25) is 0 Å². The van der Waals surface area contributed by atoms with E-state index in [4.69, 9.17) is 11.5 Å². The molecule has 4 aromatic rings. The first-order chi connectivity index (χ1) is 12.3. The summed E-state index contributed by atoms with van der Waals surface area (Å²) in [5.41, 5.74) is 17.0. The molecule has 0 aromatic heterocycles. The van der Waals surface area contributed by atoms with Crippen molar-refractivity contribution in [3.63, 3.8) is 0 Å².